The largest absolute Gasteiger partial charge is 0.490 e. The van der Waals surface area contributed by atoms with Crippen LogP contribution in [0.2, 0.25) is 0 Å². The number of hydrogen-bond donors (Lipinski definition) is 1. The fourth-order valence-electron chi connectivity index (χ4n) is 2.49. The van der Waals surface area contributed by atoms with E-state index in [2.05, 4.69) is 4.74 Å². The summed E-state index contributed by atoms with van der Waals surface area (Å²) in [5.41, 5.74) is 0.670. The minimum absolute atomic E-state index is 0.0716. The van der Waals surface area contributed by atoms with E-state index < -0.39 is 24.4 Å². The van der Waals surface area contributed by atoms with E-state index in [0.29, 0.717) is 12.0 Å². The third-order valence-corrected chi connectivity index (χ3v) is 3.74. The zero-order valence-corrected chi connectivity index (χ0v) is 13.4. The molecule has 1 N–H and O–H groups in total. The van der Waals surface area contributed by atoms with Crippen molar-refractivity contribution in [3.63, 3.8) is 0 Å². The molecule has 6 nitrogen and oxygen atoms in total. The Labute approximate surface area is 138 Å². The summed E-state index contributed by atoms with van der Waals surface area (Å²) in [7, 11) is 1.57. The Balaban J connectivity index is 2.05. The Bertz CT molecular complexity index is 622. The van der Waals surface area contributed by atoms with Gasteiger partial charge in [0.2, 0.25) is 5.91 Å². The molecule has 0 heterocycles. The molecular weight excluding hydrogens is 324 g/mol. The number of halogens is 2. The van der Waals surface area contributed by atoms with Gasteiger partial charge in [-0.05, 0) is 31.0 Å². The van der Waals surface area contributed by atoms with Crippen molar-refractivity contribution in [3.05, 3.63) is 23.8 Å². The topological polar surface area (TPSA) is 76.1 Å². The highest BCUT2D eigenvalue weighted by atomic mass is 19.3. The third kappa shape index (κ3) is 4.33. The van der Waals surface area contributed by atoms with Crippen LogP contribution in [0.25, 0.3) is 0 Å². The number of ether oxygens (including phenoxy) is 2. The zero-order chi connectivity index (χ0) is 17.9. The standard InChI is InChI=1S/C16H19F2NO5/c1-3-23-13-6-9(4-5-12(13)24-16(17)18)8-19(2)14(20)10-7-11(10)15(21)22/h4-6,10-11,16H,3,7-8H2,1-2H3,(H,21,22). The summed E-state index contributed by atoms with van der Waals surface area (Å²) in [5, 5.41) is 8.88. The average molecular weight is 343 g/mol. The minimum Gasteiger partial charge on any atom is -0.490 e. The molecule has 132 valence electrons. The monoisotopic (exact) mass is 343 g/mol. The highest BCUT2D eigenvalue weighted by Crippen LogP contribution is 2.40. The van der Waals surface area contributed by atoms with Crippen LogP contribution < -0.4 is 9.47 Å². The number of benzene rings is 1. The molecule has 0 radical (unpaired) electrons. The lowest BCUT2D eigenvalue weighted by Gasteiger charge is -2.19. The highest BCUT2D eigenvalue weighted by molar-refractivity contribution is 5.89. The average Bonchev–Trinajstić information content (AvgIpc) is 3.29. The van der Waals surface area contributed by atoms with Crippen LogP contribution in [0.5, 0.6) is 11.5 Å². The quantitative estimate of drug-likeness (QED) is 0.784. The van der Waals surface area contributed by atoms with E-state index >= 15 is 0 Å². The van der Waals surface area contributed by atoms with E-state index in [1.807, 2.05) is 0 Å². The second-order valence-electron chi connectivity index (χ2n) is 5.57. The second kappa shape index (κ2) is 7.46. The van der Waals surface area contributed by atoms with Crippen molar-refractivity contribution in [2.24, 2.45) is 11.8 Å². The summed E-state index contributed by atoms with van der Waals surface area (Å²) in [6, 6.07) is 4.46. The van der Waals surface area contributed by atoms with Crippen molar-refractivity contribution in [1.29, 1.82) is 0 Å². The molecule has 24 heavy (non-hydrogen) atoms. The van der Waals surface area contributed by atoms with E-state index in [9.17, 15) is 18.4 Å². The molecule has 0 spiro atoms. The van der Waals surface area contributed by atoms with Gasteiger partial charge in [-0.3, -0.25) is 9.59 Å². The molecule has 1 aliphatic rings. The van der Waals surface area contributed by atoms with E-state index in [4.69, 9.17) is 9.84 Å². The van der Waals surface area contributed by atoms with Gasteiger partial charge in [0.05, 0.1) is 18.4 Å². The first kappa shape index (κ1) is 18.0. The molecule has 1 aromatic rings. The number of aliphatic carboxylic acids is 1. The maximum atomic E-state index is 12.4. The van der Waals surface area contributed by atoms with E-state index in [-0.39, 0.29) is 30.6 Å². The lowest BCUT2D eigenvalue weighted by Crippen LogP contribution is -2.28. The first-order valence-corrected chi connectivity index (χ1v) is 7.51. The Hall–Kier alpha value is -2.38. The van der Waals surface area contributed by atoms with E-state index in [0.717, 1.165) is 0 Å². The summed E-state index contributed by atoms with van der Waals surface area (Å²) >= 11 is 0. The molecule has 0 bridgehead atoms. The van der Waals surface area contributed by atoms with Crippen LogP contribution in [0.4, 0.5) is 8.78 Å². The number of hydrogen-bond acceptors (Lipinski definition) is 4. The van der Waals surface area contributed by atoms with Gasteiger partial charge in [0.25, 0.3) is 0 Å². The third-order valence-electron chi connectivity index (χ3n) is 3.74. The number of rotatable bonds is 8. The first-order chi connectivity index (χ1) is 11.3. The van der Waals surface area contributed by atoms with Gasteiger partial charge in [-0.1, -0.05) is 6.07 Å². The van der Waals surface area contributed by atoms with Crippen molar-refractivity contribution >= 4 is 11.9 Å². The maximum Gasteiger partial charge on any atom is 0.387 e. The number of nitrogens with zero attached hydrogens (tertiary/aromatic N) is 1. The molecular formula is C16H19F2NO5. The van der Waals surface area contributed by atoms with Gasteiger partial charge >= 0.3 is 12.6 Å². The lowest BCUT2D eigenvalue weighted by atomic mass is 10.1. The van der Waals surface area contributed by atoms with Gasteiger partial charge in [0.15, 0.2) is 11.5 Å². The van der Waals surface area contributed by atoms with Gasteiger partial charge in [0.1, 0.15) is 0 Å². The van der Waals surface area contributed by atoms with Crippen LogP contribution in [-0.4, -0.2) is 42.1 Å². The summed E-state index contributed by atoms with van der Waals surface area (Å²) in [4.78, 5) is 24.4. The molecule has 2 unspecified atom stereocenters. The van der Waals surface area contributed by atoms with E-state index in [1.165, 1.54) is 17.0 Å². The number of alkyl halides is 2. The molecule has 0 aliphatic heterocycles. The number of carboxylic acids is 1. The summed E-state index contributed by atoms with van der Waals surface area (Å²) in [6.07, 6.45) is 0.351. The number of carboxylic acid groups (broad SMARTS) is 1. The zero-order valence-electron chi connectivity index (χ0n) is 13.4. The molecule has 2 atom stereocenters. The van der Waals surface area contributed by atoms with E-state index in [1.54, 1.807) is 20.0 Å². The SMILES string of the molecule is CCOc1cc(CN(C)C(=O)C2CC2C(=O)O)ccc1OC(F)F. The summed E-state index contributed by atoms with van der Waals surface area (Å²) < 4.78 is 34.4. The normalized spacial score (nSPS) is 19.0. The molecule has 1 aliphatic carbocycles. The molecule has 1 saturated carbocycles. The smallest absolute Gasteiger partial charge is 0.387 e. The van der Waals surface area contributed by atoms with Crippen LogP contribution in [0, 0.1) is 11.8 Å². The summed E-state index contributed by atoms with van der Waals surface area (Å²) in [5.74, 6) is -2.20. The van der Waals surface area contributed by atoms with Gasteiger partial charge in [0, 0.05) is 13.6 Å². The van der Waals surface area contributed by atoms with Crippen LogP contribution >= 0.6 is 0 Å². The van der Waals surface area contributed by atoms with Crippen LogP contribution in [0.15, 0.2) is 18.2 Å². The van der Waals surface area contributed by atoms with Crippen molar-refractivity contribution in [1.82, 2.24) is 4.90 Å². The Morgan fingerprint density at radius 3 is 2.58 bits per heavy atom. The molecule has 2 rings (SSSR count). The van der Waals surface area contributed by atoms with Crippen LogP contribution in [-0.2, 0) is 16.1 Å². The first-order valence-electron chi connectivity index (χ1n) is 7.51. The predicted octanol–water partition coefficient (Wildman–Crippen LogP) is 2.37. The predicted molar refractivity (Wildman–Crippen MR) is 79.9 cm³/mol. The molecule has 1 amide bonds. The molecule has 0 aromatic heterocycles. The number of carbonyl (C=O) groups excluding carboxylic acids is 1. The van der Waals surface area contributed by atoms with Crippen LogP contribution in [0.1, 0.15) is 18.9 Å². The second-order valence-corrected chi connectivity index (χ2v) is 5.57. The Morgan fingerprint density at radius 2 is 2.04 bits per heavy atom. The minimum atomic E-state index is -2.96. The van der Waals surface area contributed by atoms with Gasteiger partial charge in [-0.15, -0.1) is 0 Å². The Morgan fingerprint density at radius 1 is 1.33 bits per heavy atom. The summed E-state index contributed by atoms with van der Waals surface area (Å²) in [6.45, 7) is -0.744. The van der Waals surface area contributed by atoms with Crippen LogP contribution in [0.3, 0.4) is 0 Å². The van der Waals surface area contributed by atoms with Crippen molar-refractivity contribution < 1.29 is 33.0 Å². The number of amides is 1. The molecule has 1 aromatic carbocycles. The van der Waals surface area contributed by atoms with Crippen molar-refractivity contribution in [3.8, 4) is 11.5 Å². The van der Waals surface area contributed by atoms with Crippen molar-refractivity contribution in [2.75, 3.05) is 13.7 Å². The van der Waals surface area contributed by atoms with Gasteiger partial charge in [-0.2, -0.15) is 8.78 Å². The highest BCUT2D eigenvalue weighted by Gasteiger charge is 2.49. The van der Waals surface area contributed by atoms with Gasteiger partial charge < -0.3 is 19.5 Å². The fourth-order valence-corrected chi connectivity index (χ4v) is 2.49. The maximum absolute atomic E-state index is 12.4. The molecule has 0 saturated heterocycles. The molecule has 1 fully saturated rings. The van der Waals surface area contributed by atoms with Crippen molar-refractivity contribution in [2.45, 2.75) is 26.5 Å². The lowest BCUT2D eigenvalue weighted by molar-refractivity contribution is -0.141. The molecule has 8 heteroatoms. The Kier molecular flexibility index (Phi) is 5.58. The number of carbonyl (C=O) groups is 2. The van der Waals surface area contributed by atoms with Gasteiger partial charge in [-0.25, -0.2) is 0 Å². The fraction of sp³-hybridized carbons (Fsp3) is 0.500.